The molecule has 0 spiro atoms. The number of anilines is 1. The van der Waals surface area contributed by atoms with E-state index in [9.17, 15) is 9.90 Å². The molecule has 1 saturated carbocycles. The summed E-state index contributed by atoms with van der Waals surface area (Å²) in [4.78, 5) is 15.6. The monoisotopic (exact) mass is 292 g/mol. The predicted molar refractivity (Wildman–Crippen MR) is 81.3 cm³/mol. The van der Waals surface area contributed by atoms with Gasteiger partial charge in [-0.1, -0.05) is 13.3 Å². The Balaban J connectivity index is 1.92. The SMILES string of the molecule is CCC1CCC(O)(CNc2cc(C(=O)OC)ccn2)CC1. The number of carbonyl (C=O) groups is 1. The second-order valence-corrected chi connectivity index (χ2v) is 5.85. The molecule has 1 heterocycles. The van der Waals surface area contributed by atoms with Gasteiger partial charge >= 0.3 is 5.97 Å². The molecule has 0 saturated heterocycles. The minimum atomic E-state index is -0.672. The standard InChI is InChI=1S/C16H24N2O3/c1-3-12-4-7-16(20,8-5-12)11-18-14-10-13(6-9-17-14)15(19)21-2/h6,9-10,12,20H,3-5,7-8,11H2,1-2H3,(H,17,18). The lowest BCUT2D eigenvalue weighted by Gasteiger charge is -2.36. The summed E-state index contributed by atoms with van der Waals surface area (Å²) in [5.74, 6) is 0.942. The van der Waals surface area contributed by atoms with Crippen LogP contribution in [0.4, 0.5) is 5.82 Å². The van der Waals surface area contributed by atoms with Gasteiger partial charge in [-0.3, -0.25) is 0 Å². The number of nitrogens with one attached hydrogen (secondary N) is 1. The highest BCUT2D eigenvalue weighted by Gasteiger charge is 2.32. The van der Waals surface area contributed by atoms with Crippen LogP contribution in [0.1, 0.15) is 49.4 Å². The van der Waals surface area contributed by atoms with Gasteiger partial charge in [-0.05, 0) is 43.7 Å². The highest BCUT2D eigenvalue weighted by Crippen LogP contribution is 2.33. The third kappa shape index (κ3) is 4.17. The van der Waals surface area contributed by atoms with Crippen LogP contribution in [0.3, 0.4) is 0 Å². The summed E-state index contributed by atoms with van der Waals surface area (Å²) in [7, 11) is 1.35. The maximum absolute atomic E-state index is 11.5. The molecule has 0 bridgehead atoms. The molecule has 0 amide bonds. The van der Waals surface area contributed by atoms with Crippen LogP contribution >= 0.6 is 0 Å². The van der Waals surface area contributed by atoms with Crippen molar-refractivity contribution in [1.29, 1.82) is 0 Å². The number of esters is 1. The van der Waals surface area contributed by atoms with Crippen molar-refractivity contribution in [2.75, 3.05) is 19.0 Å². The number of pyridine rings is 1. The van der Waals surface area contributed by atoms with Gasteiger partial charge in [-0.2, -0.15) is 0 Å². The van der Waals surface area contributed by atoms with E-state index in [2.05, 4.69) is 22.0 Å². The van der Waals surface area contributed by atoms with Crippen molar-refractivity contribution in [1.82, 2.24) is 4.98 Å². The number of ether oxygens (including phenoxy) is 1. The van der Waals surface area contributed by atoms with Crippen molar-refractivity contribution >= 4 is 11.8 Å². The molecule has 0 aromatic carbocycles. The van der Waals surface area contributed by atoms with Gasteiger partial charge in [-0.15, -0.1) is 0 Å². The highest BCUT2D eigenvalue weighted by molar-refractivity contribution is 5.89. The van der Waals surface area contributed by atoms with Gasteiger partial charge in [0, 0.05) is 12.7 Å². The normalized spacial score (nSPS) is 25.4. The molecule has 2 N–H and O–H groups in total. The Kier molecular flexibility index (Phi) is 5.17. The van der Waals surface area contributed by atoms with E-state index in [1.165, 1.54) is 13.5 Å². The van der Waals surface area contributed by atoms with Crippen LogP contribution in [0.15, 0.2) is 18.3 Å². The summed E-state index contributed by atoms with van der Waals surface area (Å²) < 4.78 is 4.69. The zero-order chi connectivity index (χ0) is 15.3. The molecule has 1 aromatic rings. The van der Waals surface area contributed by atoms with Crippen LogP contribution in [0, 0.1) is 5.92 Å². The van der Waals surface area contributed by atoms with Gasteiger partial charge in [0.15, 0.2) is 0 Å². The molecule has 21 heavy (non-hydrogen) atoms. The number of aliphatic hydroxyl groups is 1. The van der Waals surface area contributed by atoms with Gasteiger partial charge in [-0.25, -0.2) is 9.78 Å². The molecule has 0 atom stereocenters. The van der Waals surface area contributed by atoms with Gasteiger partial charge in [0.05, 0.1) is 18.3 Å². The maximum atomic E-state index is 11.5. The first-order valence-corrected chi connectivity index (χ1v) is 7.57. The third-order valence-electron chi connectivity index (χ3n) is 4.39. The van der Waals surface area contributed by atoms with Crippen LogP contribution in [0.2, 0.25) is 0 Å². The molecule has 0 unspecified atom stereocenters. The predicted octanol–water partition coefficient (Wildman–Crippen LogP) is 2.61. The highest BCUT2D eigenvalue weighted by atomic mass is 16.5. The fraction of sp³-hybridized carbons (Fsp3) is 0.625. The maximum Gasteiger partial charge on any atom is 0.338 e. The van der Waals surface area contributed by atoms with Crippen molar-refractivity contribution in [3.05, 3.63) is 23.9 Å². The Labute approximate surface area is 125 Å². The molecule has 0 radical (unpaired) electrons. The van der Waals surface area contributed by atoms with E-state index < -0.39 is 5.60 Å². The summed E-state index contributed by atoms with van der Waals surface area (Å²) in [6, 6.07) is 3.26. The summed E-state index contributed by atoms with van der Waals surface area (Å²) in [6.45, 7) is 2.66. The molecule has 1 aliphatic rings. The first-order valence-electron chi connectivity index (χ1n) is 7.57. The minimum Gasteiger partial charge on any atom is -0.465 e. The Morgan fingerprint density at radius 3 is 2.86 bits per heavy atom. The van der Waals surface area contributed by atoms with E-state index in [-0.39, 0.29) is 5.97 Å². The lowest BCUT2D eigenvalue weighted by Crippen LogP contribution is -2.40. The van der Waals surface area contributed by atoms with Crippen LogP contribution in [-0.4, -0.2) is 35.3 Å². The summed E-state index contributed by atoms with van der Waals surface area (Å²) >= 11 is 0. The van der Waals surface area contributed by atoms with Crippen LogP contribution in [0.25, 0.3) is 0 Å². The van der Waals surface area contributed by atoms with Crippen molar-refractivity contribution in [2.24, 2.45) is 5.92 Å². The Morgan fingerprint density at radius 1 is 1.52 bits per heavy atom. The Morgan fingerprint density at radius 2 is 2.24 bits per heavy atom. The van der Waals surface area contributed by atoms with E-state index in [1.807, 2.05) is 0 Å². The van der Waals surface area contributed by atoms with Crippen molar-refractivity contribution in [3.8, 4) is 0 Å². The van der Waals surface area contributed by atoms with Crippen molar-refractivity contribution in [3.63, 3.8) is 0 Å². The molecule has 5 heteroatoms. The van der Waals surface area contributed by atoms with Gasteiger partial charge in [0.25, 0.3) is 0 Å². The van der Waals surface area contributed by atoms with E-state index in [0.29, 0.717) is 17.9 Å². The number of methoxy groups -OCH3 is 1. The number of nitrogens with zero attached hydrogens (tertiary/aromatic N) is 1. The van der Waals surface area contributed by atoms with E-state index in [0.717, 1.165) is 31.6 Å². The Bertz CT molecular complexity index is 482. The molecule has 5 nitrogen and oxygen atoms in total. The quantitative estimate of drug-likeness (QED) is 0.816. The minimum absolute atomic E-state index is 0.386. The molecule has 1 aromatic heterocycles. The number of hydrogen-bond donors (Lipinski definition) is 2. The second kappa shape index (κ2) is 6.89. The molecule has 1 fully saturated rings. The van der Waals surface area contributed by atoms with Gasteiger partial charge in [0.2, 0.25) is 0 Å². The van der Waals surface area contributed by atoms with E-state index in [1.54, 1.807) is 18.3 Å². The largest absolute Gasteiger partial charge is 0.465 e. The zero-order valence-electron chi connectivity index (χ0n) is 12.8. The zero-order valence-corrected chi connectivity index (χ0v) is 12.8. The number of rotatable bonds is 5. The van der Waals surface area contributed by atoms with Crippen LogP contribution in [0.5, 0.6) is 0 Å². The number of carbonyl (C=O) groups excluding carboxylic acids is 1. The second-order valence-electron chi connectivity index (χ2n) is 5.85. The van der Waals surface area contributed by atoms with Crippen molar-refractivity contribution < 1.29 is 14.6 Å². The molecular weight excluding hydrogens is 268 g/mol. The van der Waals surface area contributed by atoms with Gasteiger partial charge < -0.3 is 15.2 Å². The summed E-state index contributed by atoms with van der Waals surface area (Å²) in [5, 5.41) is 13.7. The van der Waals surface area contributed by atoms with Gasteiger partial charge in [0.1, 0.15) is 5.82 Å². The Hall–Kier alpha value is -1.62. The molecule has 0 aliphatic heterocycles. The van der Waals surface area contributed by atoms with Crippen LogP contribution < -0.4 is 5.32 Å². The average molecular weight is 292 g/mol. The average Bonchev–Trinajstić information content (AvgIpc) is 2.53. The topological polar surface area (TPSA) is 71.5 Å². The fourth-order valence-corrected chi connectivity index (χ4v) is 2.83. The summed E-state index contributed by atoms with van der Waals surface area (Å²) in [5.41, 5.74) is -0.217. The molecule has 116 valence electrons. The van der Waals surface area contributed by atoms with Crippen LogP contribution in [-0.2, 0) is 4.74 Å². The third-order valence-corrected chi connectivity index (χ3v) is 4.39. The smallest absolute Gasteiger partial charge is 0.338 e. The first-order chi connectivity index (χ1) is 10.1. The molecule has 1 aliphatic carbocycles. The number of hydrogen-bond acceptors (Lipinski definition) is 5. The fourth-order valence-electron chi connectivity index (χ4n) is 2.83. The van der Waals surface area contributed by atoms with Crippen molar-refractivity contribution in [2.45, 2.75) is 44.6 Å². The summed E-state index contributed by atoms with van der Waals surface area (Å²) in [6.07, 6.45) is 6.53. The first kappa shape index (κ1) is 15.8. The number of aromatic nitrogens is 1. The molecular formula is C16H24N2O3. The van der Waals surface area contributed by atoms with E-state index in [4.69, 9.17) is 0 Å². The molecule has 2 rings (SSSR count). The van der Waals surface area contributed by atoms with E-state index >= 15 is 0 Å². The lowest BCUT2D eigenvalue weighted by molar-refractivity contribution is 0.00223. The lowest BCUT2D eigenvalue weighted by atomic mass is 9.78.